The number of hydrogen-bond donors (Lipinski definition) is 1. The Balaban J connectivity index is 1.39. The molecule has 9 heteroatoms. The van der Waals surface area contributed by atoms with E-state index in [2.05, 4.69) is 94.3 Å². The molecule has 0 radical (unpaired) electrons. The highest BCUT2D eigenvalue weighted by Crippen LogP contribution is 2.45. The molecule has 0 saturated carbocycles. The Bertz CT molecular complexity index is 1890. The van der Waals surface area contributed by atoms with Crippen LogP contribution >= 0.6 is 0 Å². The van der Waals surface area contributed by atoms with E-state index >= 15 is 0 Å². The van der Waals surface area contributed by atoms with Gasteiger partial charge in [0, 0.05) is 23.1 Å². The molecular weight excluding hydrogens is 591 g/mol. The van der Waals surface area contributed by atoms with Crippen LogP contribution in [-0.4, -0.2) is 69.9 Å². The summed E-state index contributed by atoms with van der Waals surface area (Å²) in [6.07, 6.45) is 2.10. The second-order valence-electron chi connectivity index (χ2n) is 14.2. The lowest BCUT2D eigenvalue weighted by atomic mass is 9.97. The smallest absolute Gasteiger partial charge is 0.407 e. The van der Waals surface area contributed by atoms with Crippen LogP contribution in [0.5, 0.6) is 5.88 Å². The zero-order valence-electron chi connectivity index (χ0n) is 27.8. The van der Waals surface area contributed by atoms with Crippen LogP contribution in [0.25, 0.3) is 32.9 Å². The van der Waals surface area contributed by atoms with Crippen LogP contribution < -0.4 is 9.64 Å². The Kier molecular flexibility index (Phi) is 7.47. The van der Waals surface area contributed by atoms with Gasteiger partial charge in [-0.2, -0.15) is 0 Å². The number of anilines is 1. The van der Waals surface area contributed by atoms with E-state index in [1.165, 1.54) is 0 Å². The maximum Gasteiger partial charge on any atom is 0.407 e. The average molecular weight is 634 g/mol. The fraction of sp³-hybridized carbons (Fsp3) is 0.459. The van der Waals surface area contributed by atoms with Gasteiger partial charge in [0.1, 0.15) is 31.7 Å². The molecule has 4 aromatic rings. The Morgan fingerprint density at radius 3 is 2.41 bits per heavy atom. The van der Waals surface area contributed by atoms with E-state index in [9.17, 15) is 9.90 Å². The number of hydrogen-bond acceptors (Lipinski definition) is 6. The van der Waals surface area contributed by atoms with Gasteiger partial charge in [0.15, 0.2) is 0 Å². The van der Waals surface area contributed by atoms with Crippen LogP contribution in [0, 0.1) is 11.5 Å². The number of piperazine rings is 1. The van der Waals surface area contributed by atoms with Crippen molar-refractivity contribution in [2.24, 2.45) is 0 Å². The van der Waals surface area contributed by atoms with Gasteiger partial charge in [0.05, 0.1) is 29.3 Å². The molecule has 3 aliphatic rings. The molecule has 1 amide bonds. The quantitative estimate of drug-likeness (QED) is 0.180. The maximum atomic E-state index is 12.2. The minimum Gasteiger partial charge on any atom is -0.472 e. The summed E-state index contributed by atoms with van der Waals surface area (Å²) in [5.41, 5.74) is 9.08. The third-order valence-corrected chi connectivity index (χ3v) is 17.3. The standard InChI is InChI=1S/C37H43N5O3Si/c1-21(2)46(22(3)4,23(5)6)17-16-26-11-8-10-25-12-9-13-28(32(25)26)29-18-30-33-35(39-20-38-30)41-19-27-14-15-31(42(27)37(43)44)34(41)24(7)45-36(33)40-29/h8-13,18,20-24,27,31,34H,14-15,19H2,1-7H3,(H,43,44). The Hall–Kier alpha value is -4.16. The minimum atomic E-state index is -1.95. The van der Waals surface area contributed by atoms with Gasteiger partial charge in [-0.15, -0.1) is 5.54 Å². The van der Waals surface area contributed by atoms with Crippen LogP contribution in [-0.2, 0) is 0 Å². The van der Waals surface area contributed by atoms with E-state index in [-0.39, 0.29) is 24.2 Å². The highest BCUT2D eigenvalue weighted by molar-refractivity contribution is 6.90. The van der Waals surface area contributed by atoms with Gasteiger partial charge in [-0.3, -0.25) is 4.90 Å². The summed E-state index contributed by atoms with van der Waals surface area (Å²) in [5, 5.41) is 13.0. The van der Waals surface area contributed by atoms with E-state index in [4.69, 9.17) is 19.7 Å². The lowest BCUT2D eigenvalue weighted by molar-refractivity contribution is 0.0707. The topological polar surface area (TPSA) is 91.7 Å². The van der Waals surface area contributed by atoms with Crippen LogP contribution in [0.4, 0.5) is 10.6 Å². The Morgan fingerprint density at radius 1 is 1.00 bits per heavy atom. The lowest BCUT2D eigenvalue weighted by Crippen LogP contribution is -2.64. The van der Waals surface area contributed by atoms with E-state index in [1.54, 1.807) is 11.2 Å². The molecule has 238 valence electrons. The molecule has 1 N–H and O–H groups in total. The number of aromatic nitrogens is 3. The van der Waals surface area contributed by atoms with Crippen LogP contribution in [0.15, 0.2) is 48.8 Å². The number of amides is 1. The van der Waals surface area contributed by atoms with E-state index in [1.807, 2.05) is 13.0 Å². The molecule has 2 fully saturated rings. The van der Waals surface area contributed by atoms with Gasteiger partial charge in [-0.25, -0.2) is 19.7 Å². The molecule has 0 aliphatic carbocycles. The zero-order valence-corrected chi connectivity index (χ0v) is 28.8. The van der Waals surface area contributed by atoms with E-state index < -0.39 is 14.2 Å². The van der Waals surface area contributed by atoms with Gasteiger partial charge in [-0.05, 0) is 53.9 Å². The molecule has 46 heavy (non-hydrogen) atoms. The number of fused-ring (bicyclic) bond motifs is 6. The maximum absolute atomic E-state index is 12.2. The summed E-state index contributed by atoms with van der Waals surface area (Å²) in [4.78, 5) is 30.8. The van der Waals surface area contributed by atoms with Gasteiger partial charge < -0.3 is 14.7 Å². The van der Waals surface area contributed by atoms with Crippen molar-refractivity contribution in [3.05, 3.63) is 54.4 Å². The Morgan fingerprint density at radius 2 is 1.72 bits per heavy atom. The fourth-order valence-electron chi connectivity index (χ4n) is 9.06. The molecule has 4 atom stereocenters. The summed E-state index contributed by atoms with van der Waals surface area (Å²) in [7, 11) is -1.95. The molecule has 3 aliphatic heterocycles. The zero-order chi connectivity index (χ0) is 32.5. The van der Waals surface area contributed by atoms with Crippen molar-refractivity contribution in [2.45, 2.75) is 102 Å². The van der Waals surface area contributed by atoms with Crippen molar-refractivity contribution in [3.8, 4) is 28.6 Å². The molecule has 5 heterocycles. The largest absolute Gasteiger partial charge is 0.472 e. The summed E-state index contributed by atoms with van der Waals surface area (Å²) >= 11 is 0. The Labute approximate surface area is 272 Å². The van der Waals surface area contributed by atoms with E-state index in [0.717, 1.165) is 57.2 Å². The fourth-order valence-corrected chi connectivity index (χ4v) is 14.3. The summed E-state index contributed by atoms with van der Waals surface area (Å²) in [5.74, 6) is 4.99. The second-order valence-corrected chi connectivity index (χ2v) is 19.8. The second kappa shape index (κ2) is 11.3. The van der Waals surface area contributed by atoms with Crippen molar-refractivity contribution in [3.63, 3.8) is 0 Å². The summed E-state index contributed by atoms with van der Waals surface area (Å²) in [6.45, 7) is 16.7. The highest BCUT2D eigenvalue weighted by atomic mass is 28.3. The normalized spacial score (nSPS) is 22.2. The molecule has 2 aromatic heterocycles. The molecule has 2 bridgehead atoms. The van der Waals surface area contributed by atoms with Crippen LogP contribution in [0.1, 0.15) is 66.9 Å². The first-order valence-corrected chi connectivity index (χ1v) is 18.9. The van der Waals surface area contributed by atoms with Gasteiger partial charge in [0.2, 0.25) is 5.88 Å². The highest BCUT2D eigenvalue weighted by Gasteiger charge is 2.52. The first kappa shape index (κ1) is 30.5. The van der Waals surface area contributed by atoms with E-state index in [0.29, 0.717) is 29.0 Å². The average Bonchev–Trinajstić information content (AvgIpc) is 3.27. The molecule has 7 rings (SSSR count). The molecule has 0 spiro atoms. The van der Waals surface area contributed by atoms with Crippen molar-refractivity contribution >= 4 is 41.7 Å². The molecule has 8 nitrogen and oxygen atoms in total. The molecule has 4 unspecified atom stereocenters. The predicted molar refractivity (Wildman–Crippen MR) is 186 cm³/mol. The lowest BCUT2D eigenvalue weighted by Gasteiger charge is -2.47. The van der Waals surface area contributed by atoms with Gasteiger partial charge in [-0.1, -0.05) is 77.8 Å². The molecular formula is C37H43N5O3Si. The monoisotopic (exact) mass is 633 g/mol. The first-order chi connectivity index (χ1) is 22.0. The minimum absolute atomic E-state index is 0.0659. The number of benzene rings is 2. The number of pyridine rings is 1. The van der Waals surface area contributed by atoms with Crippen LogP contribution in [0.2, 0.25) is 16.6 Å². The molecule has 2 saturated heterocycles. The summed E-state index contributed by atoms with van der Waals surface area (Å²) in [6, 6.07) is 14.3. The van der Waals surface area contributed by atoms with Gasteiger partial charge in [0.25, 0.3) is 0 Å². The number of carboxylic acid groups (broad SMARTS) is 1. The third-order valence-electron chi connectivity index (χ3n) is 11.0. The van der Waals surface area contributed by atoms with Crippen molar-refractivity contribution < 1.29 is 14.6 Å². The number of rotatable bonds is 4. The molecule has 2 aromatic carbocycles. The predicted octanol–water partition coefficient (Wildman–Crippen LogP) is 7.90. The van der Waals surface area contributed by atoms with Gasteiger partial charge >= 0.3 is 6.09 Å². The number of ether oxygens (including phenoxy) is 1. The van der Waals surface area contributed by atoms with Crippen molar-refractivity contribution in [1.29, 1.82) is 0 Å². The number of nitrogens with zero attached hydrogens (tertiary/aromatic N) is 5. The van der Waals surface area contributed by atoms with Crippen molar-refractivity contribution in [1.82, 2.24) is 19.9 Å². The third kappa shape index (κ3) is 4.56. The number of carbonyl (C=O) groups is 1. The SMILES string of the molecule is CC1Oc2nc(-c3cccc4cccc(C#C[Si](C(C)C)(C(C)C)C(C)C)c34)cc3ncnc(c23)N2CC3CCC(C12)N3C(=O)O. The summed E-state index contributed by atoms with van der Waals surface area (Å²) < 4.78 is 6.68. The van der Waals surface area contributed by atoms with Crippen LogP contribution in [0.3, 0.4) is 0 Å². The van der Waals surface area contributed by atoms with Crippen molar-refractivity contribution in [2.75, 3.05) is 11.4 Å². The first-order valence-electron chi connectivity index (χ1n) is 16.7.